The third-order valence-corrected chi connectivity index (χ3v) is 3.93. The van der Waals surface area contributed by atoms with E-state index in [2.05, 4.69) is 25.9 Å². The minimum Gasteiger partial charge on any atom is -0.382 e. The lowest BCUT2D eigenvalue weighted by Crippen LogP contribution is -2.30. The van der Waals surface area contributed by atoms with Crippen LogP contribution in [0.4, 0.5) is 5.82 Å². The molecule has 0 amide bonds. The van der Waals surface area contributed by atoms with E-state index in [-0.39, 0.29) is 5.96 Å². The molecule has 1 aromatic carbocycles. The number of aryl methyl sites for hydroxylation is 2. The SMILES string of the molecule is Cc1nc2c(N)nc3ccccc3c2n1CCCCNC(=N)N. The number of rotatable bonds is 5. The molecule has 0 saturated heterocycles. The minimum atomic E-state index is 0.0131. The number of benzene rings is 1. The Balaban J connectivity index is 1.93. The monoisotopic (exact) mass is 311 g/mol. The van der Waals surface area contributed by atoms with Crippen LogP contribution in [0.15, 0.2) is 24.3 Å². The van der Waals surface area contributed by atoms with Crippen molar-refractivity contribution in [3.63, 3.8) is 0 Å². The summed E-state index contributed by atoms with van der Waals surface area (Å²) in [6, 6.07) is 7.98. The fourth-order valence-corrected chi connectivity index (χ4v) is 2.86. The first-order valence-corrected chi connectivity index (χ1v) is 7.67. The number of nitrogens with one attached hydrogen (secondary N) is 2. The van der Waals surface area contributed by atoms with E-state index in [1.807, 2.05) is 25.1 Å². The van der Waals surface area contributed by atoms with Gasteiger partial charge in [0.1, 0.15) is 11.3 Å². The Kier molecular flexibility index (Phi) is 4.01. The van der Waals surface area contributed by atoms with Crippen LogP contribution in [0.1, 0.15) is 18.7 Å². The van der Waals surface area contributed by atoms with E-state index in [4.69, 9.17) is 16.9 Å². The fourth-order valence-electron chi connectivity index (χ4n) is 2.86. The molecule has 7 nitrogen and oxygen atoms in total. The Labute approximate surface area is 134 Å². The van der Waals surface area contributed by atoms with Gasteiger partial charge in [-0.25, -0.2) is 9.97 Å². The van der Waals surface area contributed by atoms with Crippen LogP contribution in [0, 0.1) is 12.3 Å². The van der Waals surface area contributed by atoms with Crippen molar-refractivity contribution >= 4 is 33.7 Å². The van der Waals surface area contributed by atoms with Crippen molar-refractivity contribution in [2.75, 3.05) is 12.3 Å². The summed E-state index contributed by atoms with van der Waals surface area (Å²) in [5.74, 6) is 1.42. The van der Waals surface area contributed by atoms with Gasteiger partial charge in [0.25, 0.3) is 0 Å². The van der Waals surface area contributed by atoms with E-state index in [0.717, 1.165) is 47.1 Å². The molecular formula is C16H21N7. The molecule has 0 spiro atoms. The number of nitrogens with two attached hydrogens (primary N) is 2. The molecule has 0 aliphatic heterocycles. The van der Waals surface area contributed by atoms with E-state index >= 15 is 0 Å². The second kappa shape index (κ2) is 6.12. The lowest BCUT2D eigenvalue weighted by atomic mass is 10.2. The third-order valence-electron chi connectivity index (χ3n) is 3.93. The Morgan fingerprint density at radius 1 is 1.26 bits per heavy atom. The average molecular weight is 311 g/mol. The summed E-state index contributed by atoms with van der Waals surface area (Å²) in [5.41, 5.74) is 14.1. The number of hydrogen-bond acceptors (Lipinski definition) is 4. The smallest absolute Gasteiger partial charge is 0.185 e. The van der Waals surface area contributed by atoms with E-state index in [9.17, 15) is 0 Å². The standard InChI is InChI=1S/C16H21N7/c1-10-21-13-14(23(10)9-5-4-8-20-16(18)19)11-6-2-3-7-12(11)22-15(13)17/h2-3,6-7H,4-5,8-9H2,1H3,(H2,17,22)(H4,18,19,20). The Morgan fingerprint density at radius 2 is 2.04 bits per heavy atom. The number of para-hydroxylation sites is 1. The average Bonchev–Trinajstić information content (AvgIpc) is 2.85. The summed E-state index contributed by atoms with van der Waals surface area (Å²) in [4.78, 5) is 9.04. The van der Waals surface area contributed by atoms with Crippen molar-refractivity contribution < 1.29 is 0 Å². The first-order valence-electron chi connectivity index (χ1n) is 7.67. The molecule has 23 heavy (non-hydrogen) atoms. The molecule has 0 atom stereocenters. The molecule has 0 saturated carbocycles. The molecule has 120 valence electrons. The van der Waals surface area contributed by atoms with Crippen LogP contribution in [0.2, 0.25) is 0 Å². The number of pyridine rings is 1. The highest BCUT2D eigenvalue weighted by atomic mass is 15.1. The lowest BCUT2D eigenvalue weighted by Gasteiger charge is -2.09. The number of unbranched alkanes of at least 4 members (excludes halogenated alkanes) is 1. The van der Waals surface area contributed by atoms with Crippen LogP contribution in [-0.4, -0.2) is 27.0 Å². The summed E-state index contributed by atoms with van der Waals surface area (Å²) < 4.78 is 2.20. The van der Waals surface area contributed by atoms with Crippen LogP contribution in [0.5, 0.6) is 0 Å². The zero-order chi connectivity index (χ0) is 16.4. The molecule has 0 aliphatic carbocycles. The molecule has 2 aromatic heterocycles. The molecule has 0 fully saturated rings. The Hall–Kier alpha value is -2.83. The van der Waals surface area contributed by atoms with Gasteiger partial charge in [0.05, 0.1) is 11.0 Å². The maximum atomic E-state index is 7.16. The first-order chi connectivity index (χ1) is 11.1. The highest BCUT2D eigenvalue weighted by molar-refractivity contribution is 6.06. The first kappa shape index (κ1) is 15.1. The van der Waals surface area contributed by atoms with E-state index in [1.165, 1.54) is 0 Å². The maximum Gasteiger partial charge on any atom is 0.185 e. The molecule has 7 heteroatoms. The van der Waals surface area contributed by atoms with Crippen LogP contribution in [-0.2, 0) is 6.54 Å². The van der Waals surface area contributed by atoms with Crippen LogP contribution in [0.3, 0.4) is 0 Å². The van der Waals surface area contributed by atoms with Crippen molar-refractivity contribution in [1.82, 2.24) is 19.9 Å². The lowest BCUT2D eigenvalue weighted by molar-refractivity contribution is 0.602. The third kappa shape index (κ3) is 2.90. The number of imidazole rings is 1. The maximum absolute atomic E-state index is 7.16. The number of nitrogen functional groups attached to an aromatic ring is 1. The van der Waals surface area contributed by atoms with E-state index in [1.54, 1.807) is 0 Å². The van der Waals surface area contributed by atoms with Gasteiger partial charge >= 0.3 is 0 Å². The zero-order valence-corrected chi connectivity index (χ0v) is 13.1. The van der Waals surface area contributed by atoms with Crippen molar-refractivity contribution in [2.45, 2.75) is 26.3 Å². The number of hydrogen-bond donors (Lipinski definition) is 4. The van der Waals surface area contributed by atoms with Gasteiger partial charge in [-0.3, -0.25) is 5.41 Å². The van der Waals surface area contributed by atoms with Crippen molar-refractivity contribution in [1.29, 1.82) is 5.41 Å². The molecule has 0 radical (unpaired) electrons. The predicted octanol–water partition coefficient (Wildman–Crippen LogP) is 1.74. The largest absolute Gasteiger partial charge is 0.382 e. The Bertz CT molecular complexity index is 866. The van der Waals surface area contributed by atoms with E-state index < -0.39 is 0 Å². The number of anilines is 1. The summed E-state index contributed by atoms with van der Waals surface area (Å²) in [6.45, 7) is 3.53. The summed E-state index contributed by atoms with van der Waals surface area (Å²) in [7, 11) is 0. The number of guanidine groups is 1. The minimum absolute atomic E-state index is 0.0131. The van der Waals surface area contributed by atoms with Crippen LogP contribution in [0.25, 0.3) is 21.9 Å². The zero-order valence-electron chi connectivity index (χ0n) is 13.1. The van der Waals surface area contributed by atoms with E-state index in [0.29, 0.717) is 12.4 Å². The second-order valence-corrected chi connectivity index (χ2v) is 5.57. The van der Waals surface area contributed by atoms with Gasteiger partial charge in [-0.2, -0.15) is 0 Å². The van der Waals surface area contributed by atoms with Gasteiger partial charge in [-0.1, -0.05) is 18.2 Å². The van der Waals surface area contributed by atoms with Gasteiger partial charge in [0.2, 0.25) is 0 Å². The highest BCUT2D eigenvalue weighted by Crippen LogP contribution is 2.28. The molecule has 0 unspecified atom stereocenters. The van der Waals surface area contributed by atoms with Gasteiger partial charge in [0.15, 0.2) is 11.8 Å². The van der Waals surface area contributed by atoms with Crippen LogP contribution >= 0.6 is 0 Å². The Morgan fingerprint density at radius 3 is 2.83 bits per heavy atom. The van der Waals surface area contributed by atoms with Gasteiger partial charge < -0.3 is 21.4 Å². The molecule has 0 aliphatic rings. The topological polar surface area (TPSA) is 119 Å². The normalized spacial score (nSPS) is 11.2. The van der Waals surface area contributed by atoms with Gasteiger partial charge in [-0.15, -0.1) is 0 Å². The summed E-state index contributed by atoms with van der Waals surface area (Å²) >= 11 is 0. The molecule has 0 bridgehead atoms. The molecule has 3 rings (SSSR count). The van der Waals surface area contributed by atoms with Crippen molar-refractivity contribution in [3.05, 3.63) is 30.1 Å². The van der Waals surface area contributed by atoms with Crippen molar-refractivity contribution in [2.24, 2.45) is 5.73 Å². The predicted molar refractivity (Wildman–Crippen MR) is 93.3 cm³/mol. The van der Waals surface area contributed by atoms with Gasteiger partial charge in [-0.05, 0) is 25.8 Å². The molecule has 6 N–H and O–H groups in total. The fraction of sp³-hybridized carbons (Fsp3) is 0.312. The van der Waals surface area contributed by atoms with Gasteiger partial charge in [0, 0.05) is 18.5 Å². The number of nitrogens with zero attached hydrogens (tertiary/aromatic N) is 3. The summed E-state index contributed by atoms with van der Waals surface area (Å²) in [5, 5.41) is 11.0. The highest BCUT2D eigenvalue weighted by Gasteiger charge is 2.14. The molecule has 2 heterocycles. The molecule has 3 aromatic rings. The van der Waals surface area contributed by atoms with Crippen molar-refractivity contribution in [3.8, 4) is 0 Å². The molecular weight excluding hydrogens is 290 g/mol. The number of aromatic nitrogens is 3. The van der Waals surface area contributed by atoms with Crippen LogP contribution < -0.4 is 16.8 Å². The quantitative estimate of drug-likeness (QED) is 0.325. The summed E-state index contributed by atoms with van der Waals surface area (Å²) in [6.07, 6.45) is 1.89. The number of fused-ring (bicyclic) bond motifs is 3. The second-order valence-electron chi connectivity index (χ2n) is 5.57.